The van der Waals surface area contributed by atoms with Crippen molar-refractivity contribution in [1.82, 2.24) is 0 Å². The highest BCUT2D eigenvalue weighted by Crippen LogP contribution is 2.24. The summed E-state index contributed by atoms with van der Waals surface area (Å²) in [5.74, 6) is 0. The minimum absolute atomic E-state index is 0. The molecule has 0 spiro atoms. The van der Waals surface area contributed by atoms with Crippen LogP contribution in [-0.4, -0.2) is 0 Å². The topological polar surface area (TPSA) is 4.10 Å². The van der Waals surface area contributed by atoms with Crippen molar-refractivity contribution in [2.75, 3.05) is 0 Å². The van der Waals surface area contributed by atoms with Gasteiger partial charge in [0.05, 0.1) is 0 Å². The van der Waals surface area contributed by atoms with Gasteiger partial charge in [0.1, 0.15) is 4.88 Å². The Balaban J connectivity index is 0.000000963. The van der Waals surface area contributed by atoms with Crippen LogP contribution in [0.25, 0.3) is 15.3 Å². The van der Waals surface area contributed by atoms with E-state index in [2.05, 4.69) is 59.3 Å². The number of fused-ring (bicyclic) bond motifs is 1. The average molecular weight is 292 g/mol. The van der Waals surface area contributed by atoms with Gasteiger partial charge in [0, 0.05) is 12.1 Å². The maximum atomic E-state index is 2.18. The quantitative estimate of drug-likeness (QED) is 0.563. The molecular formula is C13H10BrNS. The van der Waals surface area contributed by atoms with E-state index in [0.29, 0.717) is 0 Å². The number of pyridine rings is 1. The van der Waals surface area contributed by atoms with Gasteiger partial charge in [-0.1, -0.05) is 41.7 Å². The van der Waals surface area contributed by atoms with Crippen LogP contribution in [-0.2, 0) is 0 Å². The summed E-state index contributed by atoms with van der Waals surface area (Å²) in [4.78, 5) is 2.58. The van der Waals surface area contributed by atoms with E-state index < -0.39 is 0 Å². The number of aromatic nitrogens is 1. The van der Waals surface area contributed by atoms with Gasteiger partial charge in [-0.25, -0.2) is 0 Å². The van der Waals surface area contributed by atoms with Crippen LogP contribution < -0.4 is 21.4 Å². The van der Waals surface area contributed by atoms with E-state index in [1.807, 2.05) is 17.4 Å². The largest absolute Gasteiger partial charge is 1.00 e. The zero-order chi connectivity index (χ0) is 10.1. The first-order valence-corrected chi connectivity index (χ1v) is 5.70. The normalized spacial score (nSPS) is 10.0. The Hall–Kier alpha value is -1.19. The predicted molar refractivity (Wildman–Crippen MR) is 62.9 cm³/mol. The molecule has 80 valence electrons. The SMILES string of the molecule is [Br-].c1ccc(-c2c[n+]3ccccc3s2)cc1. The number of rotatable bonds is 1. The Kier molecular flexibility index (Phi) is 3.36. The van der Waals surface area contributed by atoms with E-state index in [4.69, 9.17) is 0 Å². The molecule has 3 heteroatoms. The minimum atomic E-state index is 0. The van der Waals surface area contributed by atoms with Crippen LogP contribution in [0.4, 0.5) is 0 Å². The van der Waals surface area contributed by atoms with Gasteiger partial charge in [-0.2, -0.15) is 4.40 Å². The van der Waals surface area contributed by atoms with Gasteiger partial charge in [0.15, 0.2) is 12.4 Å². The van der Waals surface area contributed by atoms with Gasteiger partial charge in [-0.3, -0.25) is 0 Å². The Labute approximate surface area is 109 Å². The first-order valence-electron chi connectivity index (χ1n) is 4.89. The Morgan fingerprint density at radius 1 is 0.875 bits per heavy atom. The van der Waals surface area contributed by atoms with Crippen molar-refractivity contribution in [3.63, 3.8) is 0 Å². The molecule has 0 N–H and O–H groups in total. The zero-order valence-electron chi connectivity index (χ0n) is 8.51. The lowest BCUT2D eigenvalue weighted by Crippen LogP contribution is -3.00. The molecule has 0 unspecified atom stereocenters. The van der Waals surface area contributed by atoms with Crippen LogP contribution in [0.5, 0.6) is 0 Å². The molecule has 3 rings (SSSR count). The molecular weight excluding hydrogens is 282 g/mol. The lowest BCUT2D eigenvalue weighted by atomic mass is 10.2. The molecule has 0 aliphatic carbocycles. The third-order valence-electron chi connectivity index (χ3n) is 2.38. The molecule has 0 radical (unpaired) electrons. The smallest absolute Gasteiger partial charge is 0.267 e. The molecule has 2 aromatic heterocycles. The second kappa shape index (κ2) is 4.76. The van der Waals surface area contributed by atoms with Crippen molar-refractivity contribution >= 4 is 16.2 Å². The lowest BCUT2D eigenvalue weighted by Gasteiger charge is -1.90. The number of thiazole rings is 1. The maximum absolute atomic E-state index is 2.18. The highest BCUT2D eigenvalue weighted by molar-refractivity contribution is 7.20. The van der Waals surface area contributed by atoms with Gasteiger partial charge in [0.2, 0.25) is 0 Å². The first kappa shape index (κ1) is 11.3. The van der Waals surface area contributed by atoms with Crippen LogP contribution >= 0.6 is 11.3 Å². The fraction of sp³-hybridized carbons (Fsp3) is 0. The van der Waals surface area contributed by atoms with Crippen LogP contribution in [0.15, 0.2) is 60.9 Å². The molecule has 0 aliphatic heterocycles. The van der Waals surface area contributed by atoms with E-state index in [1.165, 1.54) is 15.3 Å². The lowest BCUT2D eigenvalue weighted by molar-refractivity contribution is -0.506. The van der Waals surface area contributed by atoms with E-state index in [1.54, 1.807) is 0 Å². The van der Waals surface area contributed by atoms with Gasteiger partial charge >= 0.3 is 0 Å². The monoisotopic (exact) mass is 291 g/mol. The second-order valence-electron chi connectivity index (χ2n) is 3.41. The third-order valence-corrected chi connectivity index (χ3v) is 3.50. The van der Waals surface area contributed by atoms with Crippen molar-refractivity contribution in [3.05, 3.63) is 60.9 Å². The van der Waals surface area contributed by atoms with Crippen LogP contribution in [0.1, 0.15) is 0 Å². The number of hydrogen-bond donors (Lipinski definition) is 0. The third kappa shape index (κ3) is 2.01. The van der Waals surface area contributed by atoms with Gasteiger partial charge in [-0.05, 0) is 11.6 Å². The Morgan fingerprint density at radius 3 is 2.38 bits per heavy atom. The molecule has 0 amide bonds. The summed E-state index contributed by atoms with van der Waals surface area (Å²) >= 11 is 1.81. The van der Waals surface area contributed by atoms with Crippen molar-refractivity contribution in [3.8, 4) is 10.4 Å². The molecule has 16 heavy (non-hydrogen) atoms. The zero-order valence-corrected chi connectivity index (χ0v) is 10.9. The summed E-state index contributed by atoms with van der Waals surface area (Å²) in [7, 11) is 0. The van der Waals surface area contributed by atoms with Crippen molar-refractivity contribution < 1.29 is 21.4 Å². The van der Waals surface area contributed by atoms with Crippen molar-refractivity contribution in [2.45, 2.75) is 0 Å². The van der Waals surface area contributed by atoms with Crippen LogP contribution in [0.2, 0.25) is 0 Å². The van der Waals surface area contributed by atoms with Crippen LogP contribution in [0.3, 0.4) is 0 Å². The molecule has 3 aromatic rings. The van der Waals surface area contributed by atoms with E-state index in [-0.39, 0.29) is 17.0 Å². The Morgan fingerprint density at radius 2 is 1.62 bits per heavy atom. The van der Waals surface area contributed by atoms with E-state index >= 15 is 0 Å². The van der Waals surface area contributed by atoms with Crippen LogP contribution in [0, 0.1) is 0 Å². The molecule has 1 aromatic carbocycles. The average Bonchev–Trinajstić information content (AvgIpc) is 2.74. The highest BCUT2D eigenvalue weighted by atomic mass is 79.9. The minimum Gasteiger partial charge on any atom is -1.00 e. The number of benzene rings is 1. The molecule has 1 nitrogen and oxygen atoms in total. The second-order valence-corrected chi connectivity index (χ2v) is 4.47. The fourth-order valence-corrected chi connectivity index (χ4v) is 2.65. The molecule has 0 bridgehead atoms. The van der Waals surface area contributed by atoms with Gasteiger partial charge in [-0.15, -0.1) is 0 Å². The predicted octanol–water partition coefficient (Wildman–Crippen LogP) is 0.158. The maximum Gasteiger partial charge on any atom is 0.267 e. The Bertz CT molecular complexity index is 556. The van der Waals surface area contributed by atoms with Crippen molar-refractivity contribution in [2.24, 2.45) is 0 Å². The number of halogens is 1. The molecule has 0 aliphatic rings. The molecule has 0 saturated heterocycles. The standard InChI is InChI=1S/C13H10NS.BrH/c1-2-6-11(7-3-1)12-10-14-9-5-4-8-13(14)15-12;/h1-10H;1H/q+1;/p-1. The summed E-state index contributed by atoms with van der Waals surface area (Å²) in [6, 6.07) is 16.7. The van der Waals surface area contributed by atoms with Gasteiger partial charge in [0.25, 0.3) is 4.83 Å². The van der Waals surface area contributed by atoms with E-state index in [0.717, 1.165) is 0 Å². The van der Waals surface area contributed by atoms with Crippen molar-refractivity contribution in [1.29, 1.82) is 0 Å². The summed E-state index contributed by atoms with van der Waals surface area (Å²) in [6.45, 7) is 0. The summed E-state index contributed by atoms with van der Waals surface area (Å²) in [5.41, 5.74) is 1.28. The van der Waals surface area contributed by atoms with Gasteiger partial charge < -0.3 is 17.0 Å². The molecule has 0 atom stereocenters. The summed E-state index contributed by atoms with van der Waals surface area (Å²) in [6.07, 6.45) is 4.26. The number of hydrogen-bond acceptors (Lipinski definition) is 1. The molecule has 0 saturated carbocycles. The number of nitrogens with zero attached hydrogens (tertiary/aromatic N) is 1. The highest BCUT2D eigenvalue weighted by Gasteiger charge is 2.09. The first-order chi connectivity index (χ1) is 7.43. The summed E-state index contributed by atoms with van der Waals surface area (Å²) < 4.78 is 2.16. The summed E-state index contributed by atoms with van der Waals surface area (Å²) in [5, 5.41) is 0. The van der Waals surface area contributed by atoms with E-state index in [9.17, 15) is 0 Å². The fourth-order valence-electron chi connectivity index (χ4n) is 1.63. The molecule has 2 heterocycles. The molecule has 0 fully saturated rings.